The summed E-state index contributed by atoms with van der Waals surface area (Å²) in [6, 6.07) is 9.78. The van der Waals surface area contributed by atoms with Gasteiger partial charge in [0, 0.05) is 22.7 Å². The van der Waals surface area contributed by atoms with E-state index >= 15 is 0 Å². The van der Waals surface area contributed by atoms with Crippen molar-refractivity contribution >= 4 is 22.9 Å². The Kier molecular flexibility index (Phi) is 6.07. The first kappa shape index (κ1) is 20.7. The van der Waals surface area contributed by atoms with Crippen molar-refractivity contribution < 1.29 is 27.4 Å². The van der Waals surface area contributed by atoms with Crippen molar-refractivity contribution in [1.82, 2.24) is 4.98 Å². The zero-order valence-corrected chi connectivity index (χ0v) is 16.4. The Hall–Kier alpha value is -3.07. The predicted molar refractivity (Wildman–Crippen MR) is 104 cm³/mol. The largest absolute Gasteiger partial charge is 0.493 e. The highest BCUT2D eigenvalue weighted by molar-refractivity contribution is 7.13. The van der Waals surface area contributed by atoms with E-state index in [2.05, 4.69) is 10.3 Å². The van der Waals surface area contributed by atoms with Crippen LogP contribution in [-0.2, 0) is 17.4 Å². The number of ether oxygens (including phenoxy) is 2. The number of rotatable bonds is 6. The van der Waals surface area contributed by atoms with Gasteiger partial charge in [-0.1, -0.05) is 12.1 Å². The minimum absolute atomic E-state index is 0.0332. The maximum Gasteiger partial charge on any atom is 0.416 e. The first-order valence-electron chi connectivity index (χ1n) is 8.44. The number of hydrogen-bond donors (Lipinski definition) is 1. The summed E-state index contributed by atoms with van der Waals surface area (Å²) in [5.41, 5.74) is 0.926. The number of benzene rings is 2. The van der Waals surface area contributed by atoms with Crippen LogP contribution in [0.2, 0.25) is 0 Å². The number of aromatic nitrogens is 1. The van der Waals surface area contributed by atoms with Gasteiger partial charge in [-0.15, -0.1) is 11.3 Å². The van der Waals surface area contributed by atoms with Crippen LogP contribution in [0.1, 0.15) is 11.3 Å². The molecule has 0 spiro atoms. The minimum Gasteiger partial charge on any atom is -0.493 e. The molecule has 0 bridgehead atoms. The lowest BCUT2D eigenvalue weighted by Crippen LogP contribution is -2.14. The summed E-state index contributed by atoms with van der Waals surface area (Å²) in [4.78, 5) is 16.6. The van der Waals surface area contributed by atoms with E-state index in [1.807, 2.05) is 0 Å². The Morgan fingerprint density at radius 2 is 1.76 bits per heavy atom. The molecule has 0 atom stereocenters. The summed E-state index contributed by atoms with van der Waals surface area (Å²) < 4.78 is 48.4. The van der Waals surface area contributed by atoms with Gasteiger partial charge in [0.2, 0.25) is 5.91 Å². The number of thiazole rings is 1. The van der Waals surface area contributed by atoms with Crippen LogP contribution in [0, 0.1) is 0 Å². The lowest BCUT2D eigenvalue weighted by Gasteiger charge is -2.10. The van der Waals surface area contributed by atoms with Gasteiger partial charge in [-0.3, -0.25) is 4.79 Å². The number of hydrogen-bond acceptors (Lipinski definition) is 5. The number of methoxy groups -OCH3 is 2. The summed E-state index contributed by atoms with van der Waals surface area (Å²) in [6.07, 6.45) is -4.35. The second-order valence-corrected chi connectivity index (χ2v) is 6.87. The van der Waals surface area contributed by atoms with Gasteiger partial charge in [-0.2, -0.15) is 13.2 Å². The number of nitrogens with one attached hydrogen (secondary N) is 1. The highest BCUT2D eigenvalue weighted by atomic mass is 32.1. The summed E-state index contributed by atoms with van der Waals surface area (Å²) in [5, 5.41) is 5.01. The number of amides is 1. The average Bonchev–Trinajstić information content (AvgIpc) is 3.15. The second kappa shape index (κ2) is 8.52. The predicted octanol–water partition coefficient (Wildman–Crippen LogP) is 5.03. The van der Waals surface area contributed by atoms with Crippen LogP contribution in [0.5, 0.6) is 11.5 Å². The van der Waals surface area contributed by atoms with Gasteiger partial charge in [-0.25, -0.2) is 4.98 Å². The van der Waals surface area contributed by atoms with Crippen LogP contribution in [-0.4, -0.2) is 25.1 Å². The molecule has 0 aliphatic carbocycles. The number of carbonyl (C=O) groups is 1. The second-order valence-electron chi connectivity index (χ2n) is 6.01. The minimum atomic E-state index is -4.38. The molecular weight excluding hydrogens is 405 g/mol. The van der Waals surface area contributed by atoms with Crippen molar-refractivity contribution in [2.24, 2.45) is 0 Å². The molecule has 3 rings (SSSR count). The Labute approximate surface area is 169 Å². The zero-order valence-electron chi connectivity index (χ0n) is 15.5. The highest BCUT2D eigenvalue weighted by Gasteiger charge is 2.30. The van der Waals surface area contributed by atoms with Gasteiger partial charge in [-0.05, 0) is 24.3 Å². The molecule has 0 radical (unpaired) electrons. The quantitative estimate of drug-likeness (QED) is 0.606. The number of anilines is 1. The molecule has 0 saturated carbocycles. The van der Waals surface area contributed by atoms with E-state index in [9.17, 15) is 18.0 Å². The molecule has 29 heavy (non-hydrogen) atoms. The molecule has 0 aliphatic rings. The van der Waals surface area contributed by atoms with Crippen LogP contribution in [0.15, 0.2) is 47.8 Å². The van der Waals surface area contributed by atoms with E-state index in [1.54, 1.807) is 23.6 Å². The van der Waals surface area contributed by atoms with Crippen LogP contribution < -0.4 is 14.8 Å². The molecule has 1 N–H and O–H groups in total. The molecule has 5 nitrogen and oxygen atoms in total. The molecule has 0 fully saturated rings. The smallest absolute Gasteiger partial charge is 0.416 e. The van der Waals surface area contributed by atoms with Crippen molar-refractivity contribution in [3.63, 3.8) is 0 Å². The molecule has 2 aromatic carbocycles. The van der Waals surface area contributed by atoms with Crippen molar-refractivity contribution in [2.75, 3.05) is 19.5 Å². The summed E-state index contributed by atoms with van der Waals surface area (Å²) >= 11 is 1.27. The molecular formula is C20H17F3N2O3S. The monoisotopic (exact) mass is 422 g/mol. The fourth-order valence-corrected chi connectivity index (χ4v) is 3.43. The summed E-state index contributed by atoms with van der Waals surface area (Å²) in [6.45, 7) is 0. The maximum atomic E-state index is 12.7. The van der Waals surface area contributed by atoms with Gasteiger partial charge in [0.1, 0.15) is 5.01 Å². The third-order valence-electron chi connectivity index (χ3n) is 4.02. The van der Waals surface area contributed by atoms with Crippen molar-refractivity contribution in [1.29, 1.82) is 0 Å². The van der Waals surface area contributed by atoms with Crippen LogP contribution in [0.4, 0.5) is 18.9 Å². The van der Waals surface area contributed by atoms with E-state index in [0.29, 0.717) is 33.5 Å². The number of carbonyl (C=O) groups excluding carboxylic acids is 1. The van der Waals surface area contributed by atoms with E-state index < -0.39 is 11.7 Å². The Morgan fingerprint density at radius 3 is 2.38 bits per heavy atom. The molecule has 0 unspecified atom stereocenters. The lowest BCUT2D eigenvalue weighted by molar-refractivity contribution is -0.137. The molecule has 3 aromatic rings. The van der Waals surface area contributed by atoms with Crippen LogP contribution >= 0.6 is 11.3 Å². The van der Waals surface area contributed by atoms with Gasteiger partial charge in [0.25, 0.3) is 0 Å². The number of alkyl halides is 3. The number of nitrogens with zero attached hydrogens (tertiary/aromatic N) is 1. The standard InChI is InChI=1S/C20H17F3N2O3S/c1-27-16-8-7-14(9-17(16)28-2)24-18(26)10-15-11-29-19(25-15)12-3-5-13(6-4-12)20(21,22)23/h3-9,11H,10H2,1-2H3,(H,24,26). The molecule has 1 amide bonds. The van der Waals surface area contributed by atoms with Crippen molar-refractivity contribution in [2.45, 2.75) is 12.6 Å². The third-order valence-corrected chi connectivity index (χ3v) is 4.96. The van der Waals surface area contributed by atoms with Gasteiger partial charge >= 0.3 is 6.18 Å². The summed E-state index contributed by atoms with van der Waals surface area (Å²) in [5.74, 6) is 0.760. The fraction of sp³-hybridized carbons (Fsp3) is 0.200. The van der Waals surface area contributed by atoms with Crippen LogP contribution in [0.3, 0.4) is 0 Å². The summed E-state index contributed by atoms with van der Waals surface area (Å²) in [7, 11) is 3.02. The highest BCUT2D eigenvalue weighted by Crippen LogP contribution is 2.32. The molecule has 9 heteroatoms. The number of halogens is 3. The molecule has 1 aromatic heterocycles. The first-order chi connectivity index (χ1) is 13.8. The Bertz CT molecular complexity index is 1000. The normalized spacial score (nSPS) is 11.2. The maximum absolute atomic E-state index is 12.7. The fourth-order valence-electron chi connectivity index (χ4n) is 2.61. The average molecular weight is 422 g/mol. The van der Waals surface area contributed by atoms with Gasteiger partial charge in [0.05, 0.1) is 31.9 Å². The Morgan fingerprint density at radius 1 is 1.07 bits per heavy atom. The molecule has 0 saturated heterocycles. The van der Waals surface area contributed by atoms with E-state index in [0.717, 1.165) is 12.1 Å². The van der Waals surface area contributed by atoms with Gasteiger partial charge < -0.3 is 14.8 Å². The van der Waals surface area contributed by atoms with Crippen molar-refractivity contribution in [3.05, 3.63) is 59.1 Å². The first-order valence-corrected chi connectivity index (χ1v) is 9.32. The SMILES string of the molecule is COc1ccc(NC(=O)Cc2csc(-c3ccc(C(F)(F)F)cc3)n2)cc1OC. The van der Waals surface area contributed by atoms with Gasteiger partial charge in [0.15, 0.2) is 11.5 Å². The zero-order chi connectivity index (χ0) is 21.0. The third kappa shape index (κ3) is 5.05. The molecule has 1 heterocycles. The van der Waals surface area contributed by atoms with E-state index in [1.165, 1.54) is 37.7 Å². The topological polar surface area (TPSA) is 60.5 Å². The lowest BCUT2D eigenvalue weighted by atomic mass is 10.1. The Balaban J connectivity index is 1.66. The van der Waals surface area contributed by atoms with E-state index in [4.69, 9.17) is 9.47 Å². The van der Waals surface area contributed by atoms with Crippen LogP contribution in [0.25, 0.3) is 10.6 Å². The van der Waals surface area contributed by atoms with E-state index in [-0.39, 0.29) is 12.3 Å². The molecule has 152 valence electrons. The molecule has 0 aliphatic heterocycles. The van der Waals surface area contributed by atoms with Crippen molar-refractivity contribution in [3.8, 4) is 22.1 Å².